The lowest BCUT2D eigenvalue weighted by molar-refractivity contribution is -0.190. The van der Waals surface area contributed by atoms with Crippen molar-refractivity contribution in [2.24, 2.45) is 10.7 Å². The maximum absolute atomic E-state index is 12.0. The van der Waals surface area contributed by atoms with Crippen LogP contribution in [-0.4, -0.2) is 46.2 Å². The summed E-state index contributed by atoms with van der Waals surface area (Å²) < 4.78 is 40.5. The van der Waals surface area contributed by atoms with Crippen LogP contribution in [-0.2, 0) is 9.53 Å². The molecule has 0 radical (unpaired) electrons. The average molecular weight is 271 g/mol. The Morgan fingerprint density at radius 1 is 1.71 bits per heavy atom. The molecule has 0 amide bonds. The second kappa shape index (κ2) is 4.53. The highest BCUT2D eigenvalue weighted by molar-refractivity contribution is 8.14. The number of aliphatic carboxylic acids is 1. The van der Waals surface area contributed by atoms with Gasteiger partial charge in [0.25, 0.3) is 0 Å². The smallest absolute Gasteiger partial charge is 0.411 e. The van der Waals surface area contributed by atoms with Gasteiger partial charge in [-0.1, -0.05) is 11.8 Å². The van der Waals surface area contributed by atoms with Crippen molar-refractivity contribution in [1.82, 2.24) is 0 Å². The normalized spacial score (nSPS) is 24.5. The van der Waals surface area contributed by atoms with E-state index in [9.17, 15) is 18.0 Å². The molecule has 1 aliphatic heterocycles. The maximum atomic E-state index is 12.0. The van der Waals surface area contributed by atoms with Gasteiger partial charge in [0.1, 0.15) is 6.61 Å². The van der Waals surface area contributed by atoms with Gasteiger partial charge in [-0.05, 0) is 0 Å². The molecular formula is C7H8F3N3O3S. The van der Waals surface area contributed by atoms with Crippen molar-refractivity contribution in [3.05, 3.63) is 0 Å². The number of nitrogens with one attached hydrogen (secondary N) is 1. The van der Waals surface area contributed by atoms with Crippen LogP contribution in [0.1, 0.15) is 0 Å². The molecule has 0 aliphatic carbocycles. The highest BCUT2D eigenvalue weighted by Gasteiger charge is 2.46. The number of carboxylic acids is 1. The van der Waals surface area contributed by atoms with Gasteiger partial charge in [0.05, 0.1) is 5.75 Å². The van der Waals surface area contributed by atoms with Crippen molar-refractivity contribution in [3.63, 3.8) is 0 Å². The van der Waals surface area contributed by atoms with E-state index in [1.54, 1.807) is 0 Å². The van der Waals surface area contributed by atoms with Crippen LogP contribution < -0.4 is 5.73 Å². The largest absolute Gasteiger partial charge is 0.477 e. The summed E-state index contributed by atoms with van der Waals surface area (Å²) in [6, 6.07) is 0. The second-order valence-corrected chi connectivity index (χ2v) is 4.10. The van der Waals surface area contributed by atoms with Gasteiger partial charge in [-0.3, -0.25) is 5.41 Å². The predicted molar refractivity (Wildman–Crippen MR) is 54.2 cm³/mol. The number of ether oxygens (including phenoxy) is 1. The van der Waals surface area contributed by atoms with Gasteiger partial charge in [-0.25, -0.2) is 9.79 Å². The molecule has 0 fully saturated rings. The van der Waals surface area contributed by atoms with Crippen molar-refractivity contribution < 1.29 is 27.8 Å². The molecule has 10 heteroatoms. The Hall–Kier alpha value is -1.29. The summed E-state index contributed by atoms with van der Waals surface area (Å²) in [5.41, 5.74) is 2.02. The van der Waals surface area contributed by atoms with Crippen LogP contribution >= 0.6 is 11.8 Å². The summed E-state index contributed by atoms with van der Waals surface area (Å²) in [7, 11) is 0. The third-order valence-electron chi connectivity index (χ3n) is 1.79. The Balaban J connectivity index is 2.89. The van der Waals surface area contributed by atoms with E-state index in [0.29, 0.717) is 0 Å². The molecule has 6 nitrogen and oxygen atoms in total. The number of alkyl halides is 3. The Kier molecular flexibility index (Phi) is 3.67. The van der Waals surface area contributed by atoms with Crippen LogP contribution in [0.5, 0.6) is 0 Å². The number of nitrogens with two attached hydrogens (primary N) is 1. The van der Waals surface area contributed by atoms with Crippen LogP contribution in [0.2, 0.25) is 0 Å². The molecule has 1 atom stereocenters. The standard InChI is InChI=1S/C7H8F3N3O3S/c8-7(9,10)1-16-6(3(11)4(14)15)2-17-5(12)13-6/h11H,1-2H2,(H2,12,13)(H,14,15). The van der Waals surface area contributed by atoms with E-state index >= 15 is 0 Å². The number of aliphatic imine (C=N–C) groups is 1. The molecule has 0 aromatic rings. The number of hydrogen-bond donors (Lipinski definition) is 3. The first-order valence-electron chi connectivity index (χ1n) is 4.17. The molecule has 0 aromatic heterocycles. The van der Waals surface area contributed by atoms with Gasteiger partial charge in [0, 0.05) is 0 Å². The number of thioether (sulfide) groups is 1. The predicted octanol–water partition coefficient (Wildman–Crippen LogP) is 0.427. The van der Waals surface area contributed by atoms with Crippen molar-refractivity contribution in [1.29, 1.82) is 5.41 Å². The van der Waals surface area contributed by atoms with E-state index in [0.717, 1.165) is 11.8 Å². The summed E-state index contributed by atoms with van der Waals surface area (Å²) in [5.74, 6) is -1.97. The number of amidine groups is 1. The quantitative estimate of drug-likeness (QED) is 0.642. The zero-order valence-electron chi connectivity index (χ0n) is 8.24. The molecule has 0 spiro atoms. The van der Waals surface area contributed by atoms with E-state index in [2.05, 4.69) is 9.73 Å². The highest BCUT2D eigenvalue weighted by Crippen LogP contribution is 2.30. The van der Waals surface area contributed by atoms with Gasteiger partial charge in [-0.2, -0.15) is 13.2 Å². The zero-order valence-corrected chi connectivity index (χ0v) is 9.06. The van der Waals surface area contributed by atoms with Crippen LogP contribution in [0.4, 0.5) is 13.2 Å². The van der Waals surface area contributed by atoms with Crippen molar-refractivity contribution in [2.45, 2.75) is 11.9 Å². The number of carboxylic acid groups (broad SMARTS) is 1. The van der Waals surface area contributed by atoms with Gasteiger partial charge in [0.2, 0.25) is 5.72 Å². The number of halogens is 3. The topological polar surface area (TPSA) is 109 Å². The third-order valence-corrected chi connectivity index (χ3v) is 2.71. The molecule has 96 valence electrons. The van der Waals surface area contributed by atoms with E-state index in [4.69, 9.17) is 16.2 Å². The molecule has 1 aliphatic rings. The first-order chi connectivity index (χ1) is 7.66. The fourth-order valence-corrected chi connectivity index (χ4v) is 1.90. The summed E-state index contributed by atoms with van der Waals surface area (Å²) >= 11 is 0.832. The molecule has 0 saturated heterocycles. The van der Waals surface area contributed by atoms with E-state index in [-0.39, 0.29) is 10.9 Å². The van der Waals surface area contributed by atoms with Crippen LogP contribution in [0.3, 0.4) is 0 Å². The second-order valence-electron chi connectivity index (χ2n) is 3.11. The minimum absolute atomic E-state index is 0.113. The van der Waals surface area contributed by atoms with Gasteiger partial charge >= 0.3 is 12.1 Å². The molecule has 1 unspecified atom stereocenters. The van der Waals surface area contributed by atoms with E-state index < -0.39 is 30.2 Å². The Labute approximate surface area is 97.5 Å². The van der Waals surface area contributed by atoms with Crippen LogP contribution in [0, 0.1) is 5.41 Å². The van der Waals surface area contributed by atoms with Crippen LogP contribution in [0.15, 0.2) is 4.99 Å². The van der Waals surface area contributed by atoms with E-state index in [1.165, 1.54) is 0 Å². The van der Waals surface area contributed by atoms with Crippen LogP contribution in [0.25, 0.3) is 0 Å². The lowest BCUT2D eigenvalue weighted by atomic mass is 10.1. The molecule has 0 saturated carbocycles. The highest BCUT2D eigenvalue weighted by atomic mass is 32.2. The monoisotopic (exact) mass is 271 g/mol. The van der Waals surface area contributed by atoms with Gasteiger partial charge < -0.3 is 15.6 Å². The van der Waals surface area contributed by atoms with Gasteiger partial charge in [-0.15, -0.1) is 0 Å². The third kappa shape index (κ3) is 3.33. The summed E-state index contributed by atoms with van der Waals surface area (Å²) in [5, 5.41) is 15.7. The molecule has 4 N–H and O–H groups in total. The fraction of sp³-hybridized carbons (Fsp3) is 0.571. The SMILES string of the molecule is N=C(C(=O)O)C1(OCC(F)(F)F)CSC(N)=N1. The number of rotatable bonds is 4. The lowest BCUT2D eigenvalue weighted by Crippen LogP contribution is -2.46. The van der Waals surface area contributed by atoms with Crippen molar-refractivity contribution in [2.75, 3.05) is 12.4 Å². The summed E-state index contributed by atoms with van der Waals surface area (Å²) in [4.78, 5) is 14.1. The van der Waals surface area contributed by atoms with Crippen molar-refractivity contribution in [3.8, 4) is 0 Å². The minimum Gasteiger partial charge on any atom is -0.477 e. The Morgan fingerprint density at radius 2 is 2.29 bits per heavy atom. The first-order valence-corrected chi connectivity index (χ1v) is 5.16. The fourth-order valence-electron chi connectivity index (χ4n) is 1.06. The Morgan fingerprint density at radius 3 is 2.65 bits per heavy atom. The van der Waals surface area contributed by atoms with E-state index in [1.807, 2.05) is 0 Å². The average Bonchev–Trinajstić information content (AvgIpc) is 2.56. The Bertz CT molecular complexity index is 384. The lowest BCUT2D eigenvalue weighted by Gasteiger charge is -2.24. The molecule has 0 bridgehead atoms. The number of nitrogens with zero attached hydrogens (tertiary/aromatic N) is 1. The minimum atomic E-state index is -4.64. The number of hydrogen-bond acceptors (Lipinski definition) is 6. The molecule has 17 heavy (non-hydrogen) atoms. The summed E-state index contributed by atoms with van der Waals surface area (Å²) in [6.45, 7) is -1.69. The summed E-state index contributed by atoms with van der Waals surface area (Å²) in [6.07, 6.45) is -4.64. The zero-order chi connectivity index (χ0) is 13.3. The maximum Gasteiger partial charge on any atom is 0.411 e. The molecule has 1 heterocycles. The number of carbonyl (C=O) groups is 1. The molecule has 0 aromatic carbocycles. The molecular weight excluding hydrogens is 263 g/mol. The van der Waals surface area contributed by atoms with Crippen molar-refractivity contribution >= 4 is 28.6 Å². The molecule has 1 rings (SSSR count). The first kappa shape index (κ1) is 13.8. The van der Waals surface area contributed by atoms with Gasteiger partial charge in [0.15, 0.2) is 10.9 Å².